The van der Waals surface area contributed by atoms with Crippen molar-refractivity contribution in [3.63, 3.8) is 0 Å². The standard InChI is InChI=1S/C15H27NO3S/c1-9(17)16-12(20-15(5,6)7)11-8-10(13(18)19-11)14(2,3)4/h8,11-13,18H,1-7H3,(H,16,17)/t11-,12?,13-/m0/s1. The second-order valence-electron chi connectivity index (χ2n) is 7.18. The first kappa shape index (κ1) is 17.5. The third-order valence-corrected chi connectivity index (χ3v) is 4.23. The maximum Gasteiger partial charge on any atom is 0.217 e. The Bertz CT molecular complexity index is 393. The molecule has 0 saturated carbocycles. The maximum atomic E-state index is 11.4. The zero-order valence-corrected chi connectivity index (χ0v) is 14.3. The van der Waals surface area contributed by atoms with Crippen LogP contribution in [0.25, 0.3) is 0 Å². The molecule has 2 N–H and O–H groups in total. The van der Waals surface area contributed by atoms with Crippen LogP contribution in [0.1, 0.15) is 48.5 Å². The SMILES string of the molecule is CC(=O)NC(SC(C)(C)C)[C@@H]1C=C(C(C)(C)C)[C@@H](O)O1. The van der Waals surface area contributed by atoms with E-state index in [0.717, 1.165) is 5.57 Å². The predicted molar refractivity (Wildman–Crippen MR) is 83.4 cm³/mol. The quantitative estimate of drug-likeness (QED) is 0.621. The van der Waals surface area contributed by atoms with Gasteiger partial charge in [-0.2, -0.15) is 0 Å². The summed E-state index contributed by atoms with van der Waals surface area (Å²) < 4.78 is 5.62. The van der Waals surface area contributed by atoms with Crippen LogP contribution < -0.4 is 5.32 Å². The van der Waals surface area contributed by atoms with Gasteiger partial charge in [-0.3, -0.25) is 4.79 Å². The van der Waals surface area contributed by atoms with Gasteiger partial charge in [0.15, 0.2) is 6.29 Å². The number of amides is 1. The minimum atomic E-state index is -0.892. The van der Waals surface area contributed by atoms with Gasteiger partial charge in [0.25, 0.3) is 0 Å². The molecule has 0 aromatic rings. The summed E-state index contributed by atoms with van der Waals surface area (Å²) in [5.74, 6) is -0.0950. The average molecular weight is 301 g/mol. The first-order chi connectivity index (χ1) is 8.90. The Kier molecular flexibility index (Phi) is 5.33. The lowest BCUT2D eigenvalue weighted by atomic mass is 9.86. The molecule has 1 heterocycles. The predicted octanol–water partition coefficient (Wildman–Crippen LogP) is 2.67. The van der Waals surface area contributed by atoms with Crippen LogP contribution in [0.5, 0.6) is 0 Å². The summed E-state index contributed by atoms with van der Waals surface area (Å²) >= 11 is 1.63. The number of thioether (sulfide) groups is 1. The molecule has 0 spiro atoms. The summed E-state index contributed by atoms with van der Waals surface area (Å²) in [7, 11) is 0. The Morgan fingerprint density at radius 2 is 1.90 bits per heavy atom. The van der Waals surface area contributed by atoms with Gasteiger partial charge in [0.1, 0.15) is 11.5 Å². The average Bonchev–Trinajstić information content (AvgIpc) is 2.55. The van der Waals surface area contributed by atoms with E-state index in [-0.39, 0.29) is 27.5 Å². The minimum absolute atomic E-state index is 0.0141. The first-order valence-corrected chi connectivity index (χ1v) is 7.79. The van der Waals surface area contributed by atoms with Gasteiger partial charge in [0, 0.05) is 11.7 Å². The van der Waals surface area contributed by atoms with Crippen LogP contribution in [0, 0.1) is 5.41 Å². The summed E-state index contributed by atoms with van der Waals surface area (Å²) in [6.07, 6.45) is 0.744. The van der Waals surface area contributed by atoms with Gasteiger partial charge in [0.2, 0.25) is 5.91 Å². The van der Waals surface area contributed by atoms with Crippen LogP contribution in [-0.4, -0.2) is 33.5 Å². The summed E-state index contributed by atoms with van der Waals surface area (Å²) in [4.78, 5) is 11.4. The van der Waals surface area contributed by atoms with E-state index in [1.165, 1.54) is 6.92 Å². The molecule has 0 aromatic carbocycles. The zero-order valence-electron chi connectivity index (χ0n) is 13.5. The van der Waals surface area contributed by atoms with Crippen LogP contribution in [0.15, 0.2) is 11.6 Å². The van der Waals surface area contributed by atoms with Gasteiger partial charge in [-0.25, -0.2) is 0 Å². The first-order valence-electron chi connectivity index (χ1n) is 6.91. The van der Waals surface area contributed by atoms with Crippen molar-refractivity contribution in [3.8, 4) is 0 Å². The molecule has 1 unspecified atom stereocenters. The van der Waals surface area contributed by atoms with Crippen molar-refractivity contribution in [3.05, 3.63) is 11.6 Å². The van der Waals surface area contributed by atoms with Gasteiger partial charge >= 0.3 is 0 Å². The van der Waals surface area contributed by atoms with E-state index in [1.54, 1.807) is 11.8 Å². The lowest BCUT2D eigenvalue weighted by Crippen LogP contribution is -2.42. The molecule has 0 saturated heterocycles. The fraction of sp³-hybridized carbons (Fsp3) is 0.800. The van der Waals surface area contributed by atoms with Crippen molar-refractivity contribution in [2.75, 3.05) is 0 Å². The Balaban J connectivity index is 2.93. The Hall–Kier alpha value is -0.520. The molecule has 3 atom stereocenters. The van der Waals surface area contributed by atoms with Crippen LogP contribution in [0.2, 0.25) is 0 Å². The van der Waals surface area contributed by atoms with Crippen molar-refractivity contribution in [2.45, 2.75) is 71.0 Å². The molecule has 20 heavy (non-hydrogen) atoms. The molecule has 0 aromatic heterocycles. The summed E-state index contributed by atoms with van der Waals surface area (Å²) in [5.41, 5.74) is 0.716. The zero-order chi connectivity index (χ0) is 15.7. The molecule has 0 bridgehead atoms. The van der Waals surface area contributed by atoms with Crippen LogP contribution >= 0.6 is 11.8 Å². The van der Waals surface area contributed by atoms with Gasteiger partial charge in [0.05, 0.1) is 0 Å². The molecule has 5 heteroatoms. The fourth-order valence-corrected chi connectivity index (χ4v) is 3.32. The fourth-order valence-electron chi connectivity index (χ4n) is 2.06. The van der Waals surface area contributed by atoms with Crippen molar-refractivity contribution >= 4 is 17.7 Å². The molecule has 4 nitrogen and oxygen atoms in total. The van der Waals surface area contributed by atoms with Crippen molar-refractivity contribution < 1.29 is 14.6 Å². The molecule has 0 radical (unpaired) electrons. The molecular formula is C15H27NO3S. The van der Waals surface area contributed by atoms with Crippen LogP contribution in [0.3, 0.4) is 0 Å². The van der Waals surface area contributed by atoms with Gasteiger partial charge in [-0.1, -0.05) is 41.5 Å². The van der Waals surface area contributed by atoms with Crippen molar-refractivity contribution in [1.29, 1.82) is 0 Å². The van der Waals surface area contributed by atoms with Gasteiger partial charge in [-0.05, 0) is 17.1 Å². The Morgan fingerprint density at radius 1 is 1.35 bits per heavy atom. The highest BCUT2D eigenvalue weighted by molar-refractivity contribution is 8.01. The van der Waals surface area contributed by atoms with Crippen molar-refractivity contribution in [2.24, 2.45) is 5.41 Å². The lowest BCUT2D eigenvalue weighted by molar-refractivity contribution is -0.121. The topological polar surface area (TPSA) is 58.6 Å². The third-order valence-electron chi connectivity index (χ3n) is 2.89. The molecule has 1 amide bonds. The second kappa shape index (κ2) is 6.08. The molecular weight excluding hydrogens is 274 g/mol. The number of aliphatic hydroxyl groups is 1. The Labute approximate surface area is 126 Å². The molecule has 1 aliphatic heterocycles. The molecule has 116 valence electrons. The van der Waals surface area contributed by atoms with E-state index < -0.39 is 6.29 Å². The van der Waals surface area contributed by atoms with Gasteiger partial charge < -0.3 is 15.2 Å². The lowest BCUT2D eigenvalue weighted by Gasteiger charge is -2.29. The monoisotopic (exact) mass is 301 g/mol. The smallest absolute Gasteiger partial charge is 0.217 e. The van der Waals surface area contributed by atoms with E-state index in [9.17, 15) is 9.90 Å². The normalized spacial score (nSPS) is 25.3. The maximum absolute atomic E-state index is 11.4. The highest BCUT2D eigenvalue weighted by Gasteiger charge is 2.38. The Morgan fingerprint density at radius 3 is 2.25 bits per heavy atom. The highest BCUT2D eigenvalue weighted by Crippen LogP contribution is 2.38. The minimum Gasteiger partial charge on any atom is -0.364 e. The van der Waals surface area contributed by atoms with Crippen LogP contribution in [0.4, 0.5) is 0 Å². The molecule has 0 aliphatic carbocycles. The number of ether oxygens (including phenoxy) is 1. The summed E-state index contributed by atoms with van der Waals surface area (Å²) in [6.45, 7) is 13.9. The van der Waals surface area contributed by atoms with E-state index in [4.69, 9.17) is 4.74 Å². The number of carbonyl (C=O) groups is 1. The van der Waals surface area contributed by atoms with Crippen molar-refractivity contribution in [1.82, 2.24) is 5.32 Å². The largest absolute Gasteiger partial charge is 0.364 e. The molecule has 1 rings (SSSR count). The van der Waals surface area contributed by atoms with E-state index in [2.05, 4.69) is 26.1 Å². The number of nitrogens with one attached hydrogen (secondary N) is 1. The molecule has 1 aliphatic rings. The second-order valence-corrected chi connectivity index (χ2v) is 9.14. The number of hydrogen-bond acceptors (Lipinski definition) is 4. The highest BCUT2D eigenvalue weighted by atomic mass is 32.2. The number of rotatable bonds is 3. The molecule has 0 fully saturated rings. The van der Waals surface area contributed by atoms with E-state index in [1.807, 2.05) is 26.8 Å². The number of aliphatic hydroxyl groups excluding tert-OH is 1. The number of hydrogen-bond donors (Lipinski definition) is 2. The third kappa shape index (κ3) is 5.11. The van der Waals surface area contributed by atoms with Gasteiger partial charge in [-0.15, -0.1) is 11.8 Å². The van der Waals surface area contributed by atoms with Crippen LogP contribution in [-0.2, 0) is 9.53 Å². The summed E-state index contributed by atoms with van der Waals surface area (Å²) in [5, 5.41) is 12.8. The summed E-state index contributed by atoms with van der Waals surface area (Å²) in [6, 6.07) is 0. The number of carbonyl (C=O) groups excluding carboxylic acids is 1. The van der Waals surface area contributed by atoms with E-state index >= 15 is 0 Å². The van der Waals surface area contributed by atoms with E-state index in [0.29, 0.717) is 0 Å².